The zero-order valence-corrected chi connectivity index (χ0v) is 8.19. The lowest BCUT2D eigenvalue weighted by atomic mass is 10.4. The van der Waals surface area contributed by atoms with Crippen LogP contribution in [0, 0.1) is 0 Å². The molecule has 0 unspecified atom stereocenters. The summed E-state index contributed by atoms with van der Waals surface area (Å²) in [6.45, 7) is 3.36. The zero-order chi connectivity index (χ0) is 10.5. The second kappa shape index (κ2) is 11.9. The molecule has 0 aliphatic carbocycles. The second-order valence-electron chi connectivity index (χ2n) is 2.67. The van der Waals surface area contributed by atoms with E-state index in [9.17, 15) is 0 Å². The van der Waals surface area contributed by atoms with Gasteiger partial charge in [-0.1, -0.05) is 0 Å². The Morgan fingerprint density at radius 1 is 0.786 bits per heavy atom. The molecule has 0 aromatic heterocycles. The lowest BCUT2D eigenvalue weighted by Crippen LogP contribution is -2.28. The van der Waals surface area contributed by atoms with E-state index in [0.717, 1.165) is 39.0 Å². The van der Waals surface area contributed by atoms with Crippen LogP contribution in [0.5, 0.6) is 0 Å². The lowest BCUT2D eigenvalue weighted by Gasteiger charge is -2.03. The molecule has 0 saturated heterocycles. The fraction of sp³-hybridized carbons (Fsp3) is 0.750. The van der Waals surface area contributed by atoms with Gasteiger partial charge in [0, 0.05) is 38.6 Å². The van der Waals surface area contributed by atoms with Crippen LogP contribution in [0.3, 0.4) is 0 Å². The molecule has 0 saturated carbocycles. The number of hydrogen-bond acceptors (Lipinski definition) is 6. The van der Waals surface area contributed by atoms with Crippen molar-refractivity contribution in [2.45, 2.75) is 12.8 Å². The number of rotatable bonds is 9. The average molecular weight is 202 g/mol. The van der Waals surface area contributed by atoms with Crippen LogP contribution in [0.25, 0.3) is 0 Å². The number of hydrogen-bond donors (Lipinski definition) is 4. The van der Waals surface area contributed by atoms with Gasteiger partial charge in [0.1, 0.15) is 0 Å². The molecule has 14 heavy (non-hydrogen) atoms. The summed E-state index contributed by atoms with van der Waals surface area (Å²) in [5.41, 5.74) is 0. The van der Waals surface area contributed by atoms with Gasteiger partial charge in [0.05, 0.1) is 0 Å². The van der Waals surface area contributed by atoms with Crippen LogP contribution in [-0.2, 0) is 0 Å². The highest BCUT2D eigenvalue weighted by molar-refractivity contribution is 5.56. The maximum Gasteiger partial charge on any atom is 0.0448 e. The summed E-state index contributed by atoms with van der Waals surface area (Å²) in [6, 6.07) is 0. The Kier molecular flexibility index (Phi) is 10.9. The van der Waals surface area contributed by atoms with Crippen molar-refractivity contribution in [1.29, 1.82) is 0 Å². The van der Waals surface area contributed by atoms with Gasteiger partial charge in [-0.15, -0.1) is 10.3 Å². The van der Waals surface area contributed by atoms with E-state index in [1.807, 2.05) is 0 Å². The number of nitrogens with zero attached hydrogens (tertiary/aromatic N) is 2. The Morgan fingerprint density at radius 2 is 1.21 bits per heavy atom. The van der Waals surface area contributed by atoms with E-state index in [-0.39, 0.29) is 0 Å². The molecule has 0 aromatic rings. The predicted octanol–water partition coefficient (Wildman–Crippen LogP) is -0.134. The molecular formula is C8H18N4O2. The summed E-state index contributed by atoms with van der Waals surface area (Å²) >= 11 is 0. The monoisotopic (exact) mass is 202 g/mol. The zero-order valence-electron chi connectivity index (χ0n) is 8.19. The minimum absolute atomic E-state index is 0.730. The molecule has 0 rings (SSSR count). The van der Waals surface area contributed by atoms with Crippen LogP contribution in [0.2, 0.25) is 0 Å². The molecule has 0 amide bonds. The van der Waals surface area contributed by atoms with Crippen LogP contribution < -0.4 is 10.6 Å². The summed E-state index contributed by atoms with van der Waals surface area (Å²) in [7, 11) is 0. The van der Waals surface area contributed by atoms with Gasteiger partial charge >= 0.3 is 0 Å². The van der Waals surface area contributed by atoms with Gasteiger partial charge in [-0.25, -0.2) is 0 Å². The normalized spacial score (nSPS) is 11.7. The Labute approximate surface area is 83.7 Å². The molecule has 0 aliphatic rings. The summed E-state index contributed by atoms with van der Waals surface area (Å²) < 4.78 is 0. The van der Waals surface area contributed by atoms with E-state index in [1.54, 1.807) is 0 Å². The molecule has 0 aliphatic heterocycles. The third kappa shape index (κ3) is 10.9. The molecule has 0 radical (unpaired) electrons. The van der Waals surface area contributed by atoms with Crippen LogP contribution >= 0.6 is 0 Å². The highest BCUT2D eigenvalue weighted by atomic mass is 16.4. The van der Waals surface area contributed by atoms with E-state index in [4.69, 9.17) is 10.4 Å². The molecule has 0 aromatic carbocycles. The molecule has 6 heteroatoms. The van der Waals surface area contributed by atoms with Gasteiger partial charge in [0.2, 0.25) is 0 Å². The van der Waals surface area contributed by atoms with Gasteiger partial charge in [-0.05, 0) is 12.8 Å². The smallest absolute Gasteiger partial charge is 0.0448 e. The first kappa shape index (κ1) is 12.9. The van der Waals surface area contributed by atoms with Crippen molar-refractivity contribution < 1.29 is 10.4 Å². The molecule has 0 fully saturated rings. The number of nitrogens with one attached hydrogen (secondary N) is 2. The topological polar surface area (TPSA) is 89.2 Å². The van der Waals surface area contributed by atoms with Gasteiger partial charge in [-0.3, -0.25) is 0 Å². The molecule has 6 nitrogen and oxygen atoms in total. The maximum atomic E-state index is 8.09. The van der Waals surface area contributed by atoms with Gasteiger partial charge in [-0.2, -0.15) is 0 Å². The van der Waals surface area contributed by atoms with Crippen molar-refractivity contribution in [3.05, 3.63) is 0 Å². The third-order valence-electron chi connectivity index (χ3n) is 1.54. The Morgan fingerprint density at radius 3 is 1.57 bits per heavy atom. The first-order valence-electron chi connectivity index (χ1n) is 4.65. The third-order valence-corrected chi connectivity index (χ3v) is 1.54. The van der Waals surface area contributed by atoms with E-state index in [0.29, 0.717) is 0 Å². The van der Waals surface area contributed by atoms with Crippen molar-refractivity contribution in [3.8, 4) is 0 Å². The molecule has 0 spiro atoms. The van der Waals surface area contributed by atoms with Crippen molar-refractivity contribution in [3.63, 3.8) is 0 Å². The SMILES string of the molecule is O/N=C/CCNCCNCC/C=N/O. The van der Waals surface area contributed by atoms with E-state index in [1.165, 1.54) is 12.4 Å². The molecule has 0 atom stereocenters. The molecule has 0 heterocycles. The highest BCUT2D eigenvalue weighted by Crippen LogP contribution is 1.71. The standard InChI is InChI=1S/C8H18N4O2/c13-11-5-1-3-9-7-8-10-4-2-6-12-14/h5-6,9-10,13-14H,1-4,7-8H2/b11-5+,12-6+. The van der Waals surface area contributed by atoms with E-state index < -0.39 is 0 Å². The first-order valence-corrected chi connectivity index (χ1v) is 4.65. The van der Waals surface area contributed by atoms with Crippen LogP contribution in [-0.4, -0.2) is 49.0 Å². The highest BCUT2D eigenvalue weighted by Gasteiger charge is 1.86. The average Bonchev–Trinajstić information content (AvgIpc) is 2.21. The summed E-state index contributed by atoms with van der Waals surface area (Å²) in [6.07, 6.45) is 4.37. The predicted molar refractivity (Wildman–Crippen MR) is 55.5 cm³/mol. The first-order chi connectivity index (χ1) is 6.91. The quantitative estimate of drug-likeness (QED) is 0.181. The van der Waals surface area contributed by atoms with Gasteiger partial charge in [0.15, 0.2) is 0 Å². The Hall–Kier alpha value is -1.14. The molecule has 82 valence electrons. The van der Waals surface area contributed by atoms with Gasteiger partial charge in [0.25, 0.3) is 0 Å². The van der Waals surface area contributed by atoms with Crippen LogP contribution in [0.1, 0.15) is 12.8 Å². The molecule has 0 bridgehead atoms. The minimum Gasteiger partial charge on any atom is -0.411 e. The largest absolute Gasteiger partial charge is 0.411 e. The van der Waals surface area contributed by atoms with Crippen molar-refractivity contribution >= 4 is 12.4 Å². The van der Waals surface area contributed by atoms with Gasteiger partial charge < -0.3 is 21.0 Å². The van der Waals surface area contributed by atoms with E-state index >= 15 is 0 Å². The van der Waals surface area contributed by atoms with Crippen LogP contribution in [0.4, 0.5) is 0 Å². The fourth-order valence-electron chi connectivity index (χ4n) is 0.875. The summed E-state index contributed by atoms with van der Waals surface area (Å²) in [5, 5.41) is 28.3. The van der Waals surface area contributed by atoms with Crippen molar-refractivity contribution in [1.82, 2.24) is 10.6 Å². The van der Waals surface area contributed by atoms with Crippen LogP contribution in [0.15, 0.2) is 10.3 Å². The Bertz CT molecular complexity index is 143. The van der Waals surface area contributed by atoms with Crippen molar-refractivity contribution in [2.75, 3.05) is 26.2 Å². The Balaban J connectivity index is 2.92. The number of oxime groups is 2. The molecular weight excluding hydrogens is 184 g/mol. The minimum atomic E-state index is 0.730. The second-order valence-corrected chi connectivity index (χ2v) is 2.67. The van der Waals surface area contributed by atoms with E-state index in [2.05, 4.69) is 20.9 Å². The van der Waals surface area contributed by atoms with Crippen molar-refractivity contribution in [2.24, 2.45) is 10.3 Å². The fourth-order valence-corrected chi connectivity index (χ4v) is 0.875. The summed E-state index contributed by atoms with van der Waals surface area (Å²) in [5.74, 6) is 0. The molecule has 4 N–H and O–H groups in total. The lowest BCUT2D eigenvalue weighted by molar-refractivity contribution is 0.320. The summed E-state index contributed by atoms with van der Waals surface area (Å²) in [4.78, 5) is 0. The maximum absolute atomic E-state index is 8.09.